The zero-order valence-corrected chi connectivity index (χ0v) is 13.0. The van der Waals surface area contributed by atoms with Gasteiger partial charge in [-0.25, -0.2) is 0 Å². The maximum Gasteiger partial charge on any atom is 0.316 e. The third-order valence-electron chi connectivity index (χ3n) is 3.93. The lowest BCUT2D eigenvalue weighted by atomic mass is 10.2. The van der Waals surface area contributed by atoms with E-state index in [0.717, 1.165) is 22.6 Å². The van der Waals surface area contributed by atoms with E-state index < -0.39 is 0 Å². The lowest BCUT2D eigenvalue weighted by Gasteiger charge is -2.03. The van der Waals surface area contributed by atoms with Crippen LogP contribution >= 0.6 is 0 Å². The topological polar surface area (TPSA) is 87.9 Å². The van der Waals surface area contributed by atoms with Crippen LogP contribution in [0, 0.1) is 0 Å². The molecule has 2 aliphatic rings. The Morgan fingerprint density at radius 2 is 1.52 bits per heavy atom. The zero-order valence-electron chi connectivity index (χ0n) is 13.0. The zero-order chi connectivity index (χ0) is 16.6. The largest absolute Gasteiger partial charge is 0.454 e. The fourth-order valence-corrected chi connectivity index (χ4v) is 2.67. The number of ether oxygens (including phenoxy) is 4. The Kier molecular flexibility index (Phi) is 3.12. The van der Waals surface area contributed by atoms with Gasteiger partial charge in [0.05, 0.1) is 0 Å². The number of aromatic nitrogens is 2. The highest BCUT2D eigenvalue weighted by Gasteiger charge is 2.17. The summed E-state index contributed by atoms with van der Waals surface area (Å²) < 4.78 is 27.0. The van der Waals surface area contributed by atoms with Crippen LogP contribution in [0.2, 0.25) is 0 Å². The molecule has 8 heteroatoms. The van der Waals surface area contributed by atoms with Crippen LogP contribution in [0.5, 0.6) is 23.0 Å². The van der Waals surface area contributed by atoms with Crippen molar-refractivity contribution >= 4 is 6.01 Å². The fraction of sp³-hybridized carbons (Fsp3) is 0.176. The van der Waals surface area contributed by atoms with Crippen molar-refractivity contribution < 1.29 is 23.4 Å². The minimum Gasteiger partial charge on any atom is -0.454 e. The minimum atomic E-state index is 0.227. The second-order valence-electron chi connectivity index (χ2n) is 5.52. The normalized spacial score (nSPS) is 13.9. The van der Waals surface area contributed by atoms with Crippen molar-refractivity contribution in [2.45, 2.75) is 6.54 Å². The van der Waals surface area contributed by atoms with Crippen molar-refractivity contribution in [3.05, 3.63) is 42.0 Å². The molecule has 2 aromatic carbocycles. The lowest BCUT2D eigenvalue weighted by molar-refractivity contribution is 0.173. The summed E-state index contributed by atoms with van der Waals surface area (Å²) in [6.45, 7) is 1.01. The van der Waals surface area contributed by atoms with Crippen molar-refractivity contribution in [3.8, 4) is 34.5 Å². The third kappa shape index (κ3) is 2.57. The Morgan fingerprint density at radius 3 is 2.36 bits per heavy atom. The molecule has 0 radical (unpaired) electrons. The van der Waals surface area contributed by atoms with Crippen LogP contribution in [0.15, 0.2) is 40.8 Å². The van der Waals surface area contributed by atoms with Crippen molar-refractivity contribution in [2.24, 2.45) is 0 Å². The van der Waals surface area contributed by atoms with Crippen LogP contribution in [0.1, 0.15) is 5.56 Å². The molecule has 2 aliphatic heterocycles. The van der Waals surface area contributed by atoms with E-state index in [-0.39, 0.29) is 13.6 Å². The van der Waals surface area contributed by atoms with Crippen molar-refractivity contribution in [2.75, 3.05) is 18.9 Å². The van der Waals surface area contributed by atoms with Gasteiger partial charge in [-0.05, 0) is 35.9 Å². The van der Waals surface area contributed by atoms with E-state index in [4.69, 9.17) is 23.4 Å². The highest BCUT2D eigenvalue weighted by Crippen LogP contribution is 2.36. The van der Waals surface area contributed by atoms with Crippen LogP contribution in [-0.4, -0.2) is 23.8 Å². The van der Waals surface area contributed by atoms with Gasteiger partial charge in [0.2, 0.25) is 19.5 Å². The minimum absolute atomic E-state index is 0.227. The summed E-state index contributed by atoms with van der Waals surface area (Å²) in [5, 5.41) is 11.2. The molecule has 8 nitrogen and oxygen atoms in total. The van der Waals surface area contributed by atoms with Crippen LogP contribution in [0.3, 0.4) is 0 Å². The van der Waals surface area contributed by atoms with E-state index in [1.807, 2.05) is 36.4 Å². The number of hydrogen-bond acceptors (Lipinski definition) is 8. The number of rotatable bonds is 4. The molecule has 0 atom stereocenters. The number of fused-ring (bicyclic) bond motifs is 2. The molecular formula is C17H13N3O5. The summed E-state index contributed by atoms with van der Waals surface area (Å²) in [5.41, 5.74) is 1.79. The molecule has 0 fully saturated rings. The van der Waals surface area contributed by atoms with Gasteiger partial charge in [0, 0.05) is 12.1 Å². The maximum absolute atomic E-state index is 5.66. The molecule has 0 saturated carbocycles. The molecule has 3 heterocycles. The summed E-state index contributed by atoms with van der Waals surface area (Å²) in [7, 11) is 0. The molecule has 0 bridgehead atoms. The second kappa shape index (κ2) is 5.59. The van der Waals surface area contributed by atoms with E-state index in [2.05, 4.69) is 15.5 Å². The van der Waals surface area contributed by atoms with Crippen LogP contribution in [-0.2, 0) is 6.54 Å². The average molecular weight is 339 g/mol. The standard InChI is InChI=1S/C17H13N3O5/c1-3-12-14(23-8-21-12)5-10(1)7-18-17-20-19-16(25-17)11-2-4-13-15(6-11)24-9-22-13/h1-6H,7-9H2,(H,18,20). The number of nitrogens with one attached hydrogen (secondary N) is 1. The molecule has 126 valence electrons. The van der Waals surface area contributed by atoms with Gasteiger partial charge in [0.25, 0.3) is 0 Å². The van der Waals surface area contributed by atoms with Crippen LogP contribution in [0.25, 0.3) is 11.5 Å². The van der Waals surface area contributed by atoms with Crippen LogP contribution < -0.4 is 24.3 Å². The molecular weight excluding hydrogens is 326 g/mol. The predicted molar refractivity (Wildman–Crippen MR) is 85.7 cm³/mol. The average Bonchev–Trinajstić information content (AvgIpc) is 3.38. The Hall–Kier alpha value is -3.42. The van der Waals surface area contributed by atoms with Crippen molar-refractivity contribution in [1.82, 2.24) is 10.2 Å². The molecule has 3 aromatic rings. The Balaban J connectivity index is 1.30. The van der Waals surface area contributed by atoms with E-state index in [0.29, 0.717) is 29.9 Å². The van der Waals surface area contributed by atoms with Gasteiger partial charge >= 0.3 is 6.01 Å². The Morgan fingerprint density at radius 1 is 0.800 bits per heavy atom. The lowest BCUT2D eigenvalue weighted by Crippen LogP contribution is -1.99. The Bertz CT molecular complexity index is 940. The predicted octanol–water partition coefficient (Wildman–Crippen LogP) is 2.81. The first-order valence-electron chi connectivity index (χ1n) is 7.71. The molecule has 0 saturated heterocycles. The van der Waals surface area contributed by atoms with Crippen LogP contribution in [0.4, 0.5) is 6.01 Å². The molecule has 25 heavy (non-hydrogen) atoms. The highest BCUT2D eigenvalue weighted by molar-refractivity contribution is 5.60. The quantitative estimate of drug-likeness (QED) is 0.776. The molecule has 1 N–H and O–H groups in total. The SMILES string of the molecule is c1cc2c(cc1CNc1nnc(-c3ccc4c(c3)OCO4)o1)OCO2. The van der Waals surface area contributed by atoms with Gasteiger partial charge in [-0.1, -0.05) is 11.2 Å². The summed E-state index contributed by atoms with van der Waals surface area (Å²) in [6, 6.07) is 11.6. The summed E-state index contributed by atoms with van der Waals surface area (Å²) >= 11 is 0. The number of benzene rings is 2. The summed E-state index contributed by atoms with van der Waals surface area (Å²) in [5.74, 6) is 3.29. The van der Waals surface area contributed by atoms with Gasteiger partial charge in [0.15, 0.2) is 23.0 Å². The molecule has 1 aromatic heterocycles. The first-order valence-corrected chi connectivity index (χ1v) is 7.71. The smallest absolute Gasteiger partial charge is 0.316 e. The van der Waals surface area contributed by atoms with Crippen molar-refractivity contribution in [1.29, 1.82) is 0 Å². The maximum atomic E-state index is 5.66. The van der Waals surface area contributed by atoms with Gasteiger partial charge in [-0.15, -0.1) is 5.10 Å². The van der Waals surface area contributed by atoms with Gasteiger partial charge in [-0.3, -0.25) is 0 Å². The monoisotopic (exact) mass is 339 g/mol. The Labute approximate surface area is 142 Å². The van der Waals surface area contributed by atoms with E-state index in [1.165, 1.54) is 0 Å². The first-order chi connectivity index (χ1) is 12.3. The second-order valence-corrected chi connectivity index (χ2v) is 5.52. The molecule has 0 amide bonds. The highest BCUT2D eigenvalue weighted by atomic mass is 16.7. The molecule has 0 aliphatic carbocycles. The first kappa shape index (κ1) is 14.0. The summed E-state index contributed by atoms with van der Waals surface area (Å²) in [4.78, 5) is 0. The fourth-order valence-electron chi connectivity index (χ4n) is 2.67. The summed E-state index contributed by atoms with van der Waals surface area (Å²) in [6.07, 6.45) is 0. The number of anilines is 1. The molecule has 0 spiro atoms. The van der Waals surface area contributed by atoms with Gasteiger partial charge in [-0.2, -0.15) is 0 Å². The van der Waals surface area contributed by atoms with E-state index in [9.17, 15) is 0 Å². The van der Waals surface area contributed by atoms with Crippen molar-refractivity contribution in [3.63, 3.8) is 0 Å². The van der Waals surface area contributed by atoms with E-state index in [1.54, 1.807) is 0 Å². The number of hydrogen-bond donors (Lipinski definition) is 1. The van der Waals surface area contributed by atoms with E-state index >= 15 is 0 Å². The third-order valence-corrected chi connectivity index (χ3v) is 3.93. The number of nitrogens with zero attached hydrogens (tertiary/aromatic N) is 2. The molecule has 0 unspecified atom stereocenters. The van der Waals surface area contributed by atoms with Gasteiger partial charge < -0.3 is 28.7 Å². The van der Waals surface area contributed by atoms with Gasteiger partial charge in [0.1, 0.15) is 0 Å². The molecule has 5 rings (SSSR count).